The predicted octanol–water partition coefficient (Wildman–Crippen LogP) is 2.83. The molecule has 0 aromatic heterocycles. The second-order valence-corrected chi connectivity index (χ2v) is 6.28. The highest BCUT2D eigenvalue weighted by Gasteiger charge is 2.25. The molecule has 0 atom stereocenters. The van der Waals surface area contributed by atoms with Crippen molar-refractivity contribution in [3.05, 3.63) is 57.6 Å². The SMILES string of the molecule is O=C(NCc1ccc2c(c1)OCO2)c1ccc(NC2CC2)c([N+](=O)[O-])c1. The molecule has 0 spiro atoms. The van der Waals surface area contributed by atoms with E-state index in [1.165, 1.54) is 6.07 Å². The van der Waals surface area contributed by atoms with Gasteiger partial charge in [0, 0.05) is 24.2 Å². The summed E-state index contributed by atoms with van der Waals surface area (Å²) in [6.45, 7) is 0.474. The molecular weight excluding hydrogens is 338 g/mol. The molecule has 1 aliphatic carbocycles. The van der Waals surface area contributed by atoms with Crippen LogP contribution in [0.3, 0.4) is 0 Å². The number of fused-ring (bicyclic) bond motifs is 1. The lowest BCUT2D eigenvalue weighted by molar-refractivity contribution is -0.384. The molecule has 1 saturated carbocycles. The van der Waals surface area contributed by atoms with Gasteiger partial charge in [0.25, 0.3) is 11.6 Å². The molecule has 2 aromatic carbocycles. The fourth-order valence-corrected chi connectivity index (χ4v) is 2.73. The lowest BCUT2D eigenvalue weighted by Crippen LogP contribution is -2.23. The van der Waals surface area contributed by atoms with Gasteiger partial charge >= 0.3 is 0 Å². The smallest absolute Gasteiger partial charge is 0.293 e. The van der Waals surface area contributed by atoms with E-state index in [-0.39, 0.29) is 30.5 Å². The Morgan fingerprint density at radius 3 is 2.73 bits per heavy atom. The highest BCUT2D eigenvalue weighted by Crippen LogP contribution is 2.33. The van der Waals surface area contributed by atoms with E-state index in [4.69, 9.17) is 9.47 Å². The number of nitrogens with one attached hydrogen (secondary N) is 2. The van der Waals surface area contributed by atoms with Crippen LogP contribution in [-0.2, 0) is 6.54 Å². The number of nitro benzene ring substituents is 1. The van der Waals surface area contributed by atoms with Crippen molar-refractivity contribution in [2.75, 3.05) is 12.1 Å². The Labute approximate surface area is 149 Å². The molecule has 2 aliphatic rings. The number of carbonyl (C=O) groups excluding carboxylic acids is 1. The molecule has 26 heavy (non-hydrogen) atoms. The van der Waals surface area contributed by atoms with E-state index in [1.807, 2.05) is 6.07 Å². The second kappa shape index (κ2) is 6.55. The zero-order valence-corrected chi connectivity index (χ0v) is 13.9. The number of hydrogen-bond donors (Lipinski definition) is 2. The zero-order chi connectivity index (χ0) is 18.1. The van der Waals surface area contributed by atoms with E-state index in [0.29, 0.717) is 23.2 Å². The normalized spacial score (nSPS) is 14.8. The maximum absolute atomic E-state index is 12.4. The number of carbonyl (C=O) groups is 1. The van der Waals surface area contributed by atoms with Crippen LogP contribution in [0.4, 0.5) is 11.4 Å². The number of nitrogens with zero attached hydrogens (tertiary/aromatic N) is 1. The van der Waals surface area contributed by atoms with Crippen molar-refractivity contribution >= 4 is 17.3 Å². The van der Waals surface area contributed by atoms with Crippen LogP contribution in [-0.4, -0.2) is 23.7 Å². The molecule has 0 unspecified atom stereocenters. The van der Waals surface area contributed by atoms with Gasteiger partial charge in [-0.3, -0.25) is 14.9 Å². The minimum Gasteiger partial charge on any atom is -0.454 e. The molecule has 0 bridgehead atoms. The van der Waals surface area contributed by atoms with Crippen LogP contribution in [0.5, 0.6) is 11.5 Å². The van der Waals surface area contributed by atoms with Gasteiger partial charge in [0.1, 0.15) is 5.69 Å². The third-order valence-corrected chi connectivity index (χ3v) is 4.28. The quantitative estimate of drug-likeness (QED) is 0.610. The van der Waals surface area contributed by atoms with Gasteiger partial charge in [0.2, 0.25) is 6.79 Å². The minimum absolute atomic E-state index is 0.0902. The van der Waals surface area contributed by atoms with E-state index in [1.54, 1.807) is 24.3 Å². The topological polar surface area (TPSA) is 103 Å². The second-order valence-electron chi connectivity index (χ2n) is 6.28. The summed E-state index contributed by atoms with van der Waals surface area (Å²) in [6.07, 6.45) is 2.02. The Morgan fingerprint density at radius 1 is 1.15 bits per heavy atom. The highest BCUT2D eigenvalue weighted by molar-refractivity contribution is 5.95. The summed E-state index contributed by atoms with van der Waals surface area (Å²) in [7, 11) is 0. The number of hydrogen-bond acceptors (Lipinski definition) is 6. The Hall–Kier alpha value is -3.29. The Kier molecular flexibility index (Phi) is 4.08. The van der Waals surface area contributed by atoms with Crippen LogP contribution in [0, 0.1) is 10.1 Å². The van der Waals surface area contributed by atoms with Gasteiger partial charge in [-0.1, -0.05) is 6.07 Å². The molecule has 4 rings (SSSR count). The summed E-state index contributed by atoms with van der Waals surface area (Å²) in [5, 5.41) is 17.2. The molecule has 1 amide bonds. The first-order chi connectivity index (χ1) is 12.6. The molecule has 134 valence electrons. The Balaban J connectivity index is 1.45. The van der Waals surface area contributed by atoms with Crippen LogP contribution in [0.1, 0.15) is 28.8 Å². The monoisotopic (exact) mass is 355 g/mol. The van der Waals surface area contributed by atoms with Crippen molar-refractivity contribution in [1.29, 1.82) is 0 Å². The minimum atomic E-state index is -0.473. The molecule has 0 saturated heterocycles. The number of ether oxygens (including phenoxy) is 2. The van der Waals surface area contributed by atoms with Crippen molar-refractivity contribution in [1.82, 2.24) is 5.32 Å². The first-order valence-corrected chi connectivity index (χ1v) is 8.32. The number of anilines is 1. The number of benzene rings is 2. The van der Waals surface area contributed by atoms with Gasteiger partial charge in [-0.25, -0.2) is 0 Å². The van der Waals surface area contributed by atoms with Crippen molar-refractivity contribution in [2.45, 2.75) is 25.4 Å². The van der Waals surface area contributed by atoms with E-state index < -0.39 is 4.92 Å². The highest BCUT2D eigenvalue weighted by atomic mass is 16.7. The van der Waals surface area contributed by atoms with Gasteiger partial charge in [-0.15, -0.1) is 0 Å². The number of amides is 1. The molecule has 8 heteroatoms. The summed E-state index contributed by atoms with van der Waals surface area (Å²) in [5.41, 5.74) is 1.46. The third-order valence-electron chi connectivity index (χ3n) is 4.28. The van der Waals surface area contributed by atoms with E-state index >= 15 is 0 Å². The Morgan fingerprint density at radius 2 is 1.96 bits per heavy atom. The standard InChI is InChI=1S/C18H17N3O5/c22-18(19-9-11-1-6-16-17(7-11)26-10-25-16)12-2-5-14(20-13-3-4-13)15(8-12)21(23)24/h1-2,5-8,13,20H,3-4,9-10H2,(H,19,22). The van der Waals surface area contributed by atoms with E-state index in [9.17, 15) is 14.9 Å². The van der Waals surface area contributed by atoms with Crippen LogP contribution < -0.4 is 20.1 Å². The fourth-order valence-electron chi connectivity index (χ4n) is 2.73. The molecule has 1 fully saturated rings. The van der Waals surface area contributed by atoms with Crippen LogP contribution in [0.2, 0.25) is 0 Å². The third kappa shape index (κ3) is 3.39. The van der Waals surface area contributed by atoms with Crippen molar-refractivity contribution < 1.29 is 19.2 Å². The lowest BCUT2D eigenvalue weighted by atomic mass is 10.1. The molecular formula is C18H17N3O5. The van der Waals surface area contributed by atoms with Crippen molar-refractivity contribution in [3.8, 4) is 11.5 Å². The largest absolute Gasteiger partial charge is 0.454 e. The maximum atomic E-state index is 12.4. The van der Waals surface area contributed by atoms with Crippen LogP contribution >= 0.6 is 0 Å². The van der Waals surface area contributed by atoms with Crippen molar-refractivity contribution in [3.63, 3.8) is 0 Å². The molecule has 0 radical (unpaired) electrons. The van der Waals surface area contributed by atoms with Gasteiger partial charge in [0.05, 0.1) is 4.92 Å². The molecule has 8 nitrogen and oxygen atoms in total. The van der Waals surface area contributed by atoms with Gasteiger partial charge in [-0.05, 0) is 42.7 Å². The van der Waals surface area contributed by atoms with E-state index in [2.05, 4.69) is 10.6 Å². The summed E-state index contributed by atoms with van der Waals surface area (Å²) in [6, 6.07) is 10.2. The molecule has 2 N–H and O–H groups in total. The fraction of sp³-hybridized carbons (Fsp3) is 0.278. The van der Waals surface area contributed by atoms with E-state index in [0.717, 1.165) is 18.4 Å². The zero-order valence-electron chi connectivity index (χ0n) is 13.9. The maximum Gasteiger partial charge on any atom is 0.293 e. The van der Waals surface area contributed by atoms with Crippen molar-refractivity contribution in [2.24, 2.45) is 0 Å². The average molecular weight is 355 g/mol. The van der Waals surface area contributed by atoms with Crippen LogP contribution in [0.15, 0.2) is 36.4 Å². The molecule has 1 heterocycles. The number of rotatable bonds is 6. The number of nitro groups is 1. The van der Waals surface area contributed by atoms with Crippen LogP contribution in [0.25, 0.3) is 0 Å². The van der Waals surface area contributed by atoms with Gasteiger partial charge in [0.15, 0.2) is 11.5 Å². The predicted molar refractivity (Wildman–Crippen MR) is 93.5 cm³/mol. The summed E-state index contributed by atoms with van der Waals surface area (Å²) < 4.78 is 10.6. The lowest BCUT2D eigenvalue weighted by Gasteiger charge is -2.09. The first-order valence-electron chi connectivity index (χ1n) is 8.32. The van der Waals surface area contributed by atoms with Gasteiger partial charge < -0.3 is 20.1 Å². The summed E-state index contributed by atoms with van der Waals surface area (Å²) in [5.74, 6) is 0.945. The Bertz CT molecular complexity index is 879. The summed E-state index contributed by atoms with van der Waals surface area (Å²) >= 11 is 0. The first kappa shape index (κ1) is 16.2. The summed E-state index contributed by atoms with van der Waals surface area (Å²) in [4.78, 5) is 23.2. The van der Waals surface area contributed by atoms with Gasteiger partial charge in [-0.2, -0.15) is 0 Å². The average Bonchev–Trinajstić information content (AvgIpc) is 3.33. The molecule has 2 aromatic rings. The molecule has 1 aliphatic heterocycles.